The summed E-state index contributed by atoms with van der Waals surface area (Å²) >= 11 is 0. The van der Waals surface area contributed by atoms with E-state index >= 15 is 0 Å². The largest absolute Gasteiger partial charge is 0.492 e. The molecule has 0 saturated carbocycles. The van der Waals surface area contributed by atoms with E-state index in [1.54, 1.807) is 0 Å². The molecular formula is C30H38N2O2. The summed E-state index contributed by atoms with van der Waals surface area (Å²) in [4.78, 5) is 10.5. The summed E-state index contributed by atoms with van der Waals surface area (Å²) in [7, 11) is 0. The van der Waals surface area contributed by atoms with E-state index in [0.29, 0.717) is 11.8 Å². The van der Waals surface area contributed by atoms with Gasteiger partial charge in [-0.15, -0.1) is 0 Å². The fraction of sp³-hybridized carbons (Fsp3) is 0.367. The van der Waals surface area contributed by atoms with Crippen LogP contribution >= 0.6 is 0 Å². The Bertz CT molecular complexity index is 958. The Morgan fingerprint density at radius 1 is 1.12 bits per heavy atom. The highest BCUT2D eigenvalue weighted by Gasteiger charge is 2.32. The average Bonchev–Trinajstić information content (AvgIpc) is 2.91. The summed E-state index contributed by atoms with van der Waals surface area (Å²) in [6.07, 6.45) is 10.7. The first-order valence-corrected chi connectivity index (χ1v) is 12.3. The number of allylic oxidation sites excluding steroid dienone is 5. The fourth-order valence-corrected chi connectivity index (χ4v) is 5.14. The van der Waals surface area contributed by atoms with E-state index in [-0.39, 0.29) is 0 Å². The average molecular weight is 459 g/mol. The Morgan fingerprint density at radius 2 is 1.85 bits per heavy atom. The monoisotopic (exact) mass is 458 g/mol. The molecule has 4 rings (SSSR count). The fourth-order valence-electron chi connectivity index (χ4n) is 5.14. The Morgan fingerprint density at radius 3 is 2.56 bits per heavy atom. The molecule has 1 heterocycles. The molecule has 0 radical (unpaired) electrons. The number of carbonyl (C=O) groups excluding carboxylic acids is 1. The zero-order valence-corrected chi connectivity index (χ0v) is 20.4. The van der Waals surface area contributed by atoms with Crippen molar-refractivity contribution in [1.82, 2.24) is 10.2 Å². The summed E-state index contributed by atoms with van der Waals surface area (Å²) in [6, 6.07) is 17.8. The standard InChI is InChI=1S/C29H36N2O.CH2O/c1-3-5-8-23(4-2)28-16-13-24-9-6-7-10-27(24)29(28)25-11-14-26(15-12-25)32-22-21-31-19-17-30-18-20-31;1-2/h3-12,14-15,28-30H,1,13,16-22H2,2H3;1H2/b8-5-,23-4+;. The number of fused-ring (bicyclic) bond motifs is 1. The van der Waals surface area contributed by atoms with Gasteiger partial charge in [-0.3, -0.25) is 4.90 Å². The van der Waals surface area contributed by atoms with Crippen LogP contribution in [0.1, 0.15) is 36.0 Å². The summed E-state index contributed by atoms with van der Waals surface area (Å²) in [5.74, 6) is 1.78. The smallest absolute Gasteiger partial charge is 0.119 e. The molecule has 2 aromatic carbocycles. The third kappa shape index (κ3) is 6.55. The number of nitrogens with zero attached hydrogens (tertiary/aromatic N) is 1. The number of aryl methyl sites for hydroxylation is 1. The zero-order valence-electron chi connectivity index (χ0n) is 20.4. The van der Waals surface area contributed by atoms with Crippen LogP contribution in [0.15, 0.2) is 85.0 Å². The van der Waals surface area contributed by atoms with Crippen molar-refractivity contribution in [3.05, 3.63) is 102 Å². The maximum Gasteiger partial charge on any atom is 0.119 e. The first kappa shape index (κ1) is 25.7. The molecule has 4 nitrogen and oxygen atoms in total. The van der Waals surface area contributed by atoms with Crippen LogP contribution in [0.25, 0.3) is 0 Å². The molecule has 2 aliphatic rings. The predicted molar refractivity (Wildman–Crippen MR) is 142 cm³/mol. The van der Waals surface area contributed by atoms with Gasteiger partial charge in [0.25, 0.3) is 0 Å². The maximum absolute atomic E-state index is 8.00. The number of nitrogens with one attached hydrogen (secondary N) is 1. The third-order valence-corrected chi connectivity index (χ3v) is 6.83. The lowest BCUT2D eigenvalue weighted by Gasteiger charge is -2.35. The van der Waals surface area contributed by atoms with Crippen LogP contribution in [0.5, 0.6) is 5.75 Å². The van der Waals surface area contributed by atoms with E-state index in [1.165, 1.54) is 22.3 Å². The molecule has 1 aliphatic carbocycles. The molecule has 2 aromatic rings. The van der Waals surface area contributed by atoms with Gasteiger partial charge in [-0.2, -0.15) is 0 Å². The van der Waals surface area contributed by atoms with Gasteiger partial charge in [0.2, 0.25) is 0 Å². The molecule has 2 unspecified atom stereocenters. The van der Waals surface area contributed by atoms with E-state index in [1.807, 2.05) is 12.9 Å². The van der Waals surface area contributed by atoms with Gasteiger partial charge in [0.05, 0.1) is 0 Å². The second-order valence-electron chi connectivity index (χ2n) is 8.71. The number of carbonyl (C=O) groups is 1. The van der Waals surface area contributed by atoms with Crippen molar-refractivity contribution >= 4 is 6.79 Å². The highest BCUT2D eigenvalue weighted by Crippen LogP contribution is 2.44. The molecule has 180 valence electrons. The van der Waals surface area contributed by atoms with Crippen LogP contribution in [-0.2, 0) is 11.2 Å². The van der Waals surface area contributed by atoms with Crippen molar-refractivity contribution in [3.8, 4) is 5.75 Å². The Labute approximate surface area is 205 Å². The molecule has 2 atom stereocenters. The SMILES string of the molecule is C=C/C=C\C(=C/C)C1CCc2ccccc2C1c1ccc(OCCN2CCNCC2)cc1.C=O. The minimum absolute atomic E-state index is 0.357. The van der Waals surface area contributed by atoms with E-state index < -0.39 is 0 Å². The minimum atomic E-state index is 0.357. The van der Waals surface area contributed by atoms with Crippen molar-refractivity contribution in [2.24, 2.45) is 5.92 Å². The van der Waals surface area contributed by atoms with Crippen LogP contribution < -0.4 is 10.1 Å². The van der Waals surface area contributed by atoms with Gasteiger partial charge in [-0.05, 0) is 60.1 Å². The van der Waals surface area contributed by atoms with E-state index in [4.69, 9.17) is 9.53 Å². The molecule has 0 aromatic heterocycles. The van der Waals surface area contributed by atoms with Gasteiger partial charge < -0.3 is 14.8 Å². The highest BCUT2D eigenvalue weighted by molar-refractivity contribution is 5.45. The molecule has 1 fully saturated rings. The van der Waals surface area contributed by atoms with Gasteiger partial charge in [0, 0.05) is 38.6 Å². The molecule has 0 spiro atoms. The van der Waals surface area contributed by atoms with Crippen molar-refractivity contribution in [2.75, 3.05) is 39.3 Å². The summed E-state index contributed by atoms with van der Waals surface area (Å²) in [5, 5.41) is 3.40. The minimum Gasteiger partial charge on any atom is -0.492 e. The number of ether oxygens (including phenoxy) is 1. The zero-order chi connectivity index (χ0) is 24.2. The number of piperazine rings is 1. The lowest BCUT2D eigenvalue weighted by atomic mass is 9.69. The van der Waals surface area contributed by atoms with Crippen LogP contribution in [-0.4, -0.2) is 51.0 Å². The quantitative estimate of drug-likeness (QED) is 0.554. The topological polar surface area (TPSA) is 41.6 Å². The van der Waals surface area contributed by atoms with Crippen molar-refractivity contribution in [2.45, 2.75) is 25.7 Å². The van der Waals surface area contributed by atoms with E-state index in [9.17, 15) is 0 Å². The van der Waals surface area contributed by atoms with E-state index in [2.05, 4.69) is 90.5 Å². The second-order valence-corrected chi connectivity index (χ2v) is 8.71. The molecule has 0 bridgehead atoms. The van der Waals surface area contributed by atoms with Gasteiger partial charge in [0.15, 0.2) is 0 Å². The summed E-state index contributed by atoms with van der Waals surface area (Å²) in [5.41, 5.74) is 5.69. The lowest BCUT2D eigenvalue weighted by Crippen LogP contribution is -2.44. The summed E-state index contributed by atoms with van der Waals surface area (Å²) in [6.45, 7) is 14.1. The first-order chi connectivity index (χ1) is 16.8. The molecule has 0 amide bonds. The number of hydrogen-bond donors (Lipinski definition) is 1. The van der Waals surface area contributed by atoms with Gasteiger partial charge in [-0.1, -0.05) is 67.3 Å². The number of rotatable bonds is 8. The van der Waals surface area contributed by atoms with Crippen LogP contribution in [0.4, 0.5) is 0 Å². The molecule has 1 aliphatic heterocycles. The predicted octanol–water partition coefficient (Wildman–Crippen LogP) is 5.17. The van der Waals surface area contributed by atoms with Gasteiger partial charge in [0.1, 0.15) is 19.1 Å². The molecule has 1 saturated heterocycles. The molecular weight excluding hydrogens is 420 g/mol. The molecule has 1 N–H and O–H groups in total. The number of benzene rings is 2. The highest BCUT2D eigenvalue weighted by atomic mass is 16.5. The first-order valence-electron chi connectivity index (χ1n) is 12.3. The molecule has 4 heteroatoms. The molecule has 34 heavy (non-hydrogen) atoms. The van der Waals surface area contributed by atoms with Crippen molar-refractivity contribution < 1.29 is 9.53 Å². The van der Waals surface area contributed by atoms with Crippen molar-refractivity contribution in [3.63, 3.8) is 0 Å². The van der Waals surface area contributed by atoms with Crippen LogP contribution in [0.2, 0.25) is 0 Å². The third-order valence-electron chi connectivity index (χ3n) is 6.83. The van der Waals surface area contributed by atoms with Crippen LogP contribution in [0, 0.1) is 5.92 Å². The van der Waals surface area contributed by atoms with Crippen LogP contribution in [0.3, 0.4) is 0 Å². The maximum atomic E-state index is 8.00. The van der Waals surface area contributed by atoms with Crippen molar-refractivity contribution in [1.29, 1.82) is 0 Å². The Kier molecular flexibility index (Phi) is 10.3. The lowest BCUT2D eigenvalue weighted by molar-refractivity contribution is -0.0979. The van der Waals surface area contributed by atoms with Gasteiger partial charge in [-0.25, -0.2) is 0 Å². The normalized spacial score (nSPS) is 20.8. The number of hydrogen-bond acceptors (Lipinski definition) is 4. The second kappa shape index (κ2) is 13.7. The Balaban J connectivity index is 0.00000158. The van der Waals surface area contributed by atoms with Gasteiger partial charge >= 0.3 is 0 Å². The Hall–Kier alpha value is -2.95. The summed E-state index contributed by atoms with van der Waals surface area (Å²) < 4.78 is 6.07. The van der Waals surface area contributed by atoms with E-state index in [0.717, 1.165) is 57.9 Å².